The molecule has 0 aliphatic heterocycles. The van der Waals surface area contributed by atoms with Crippen LogP contribution in [0, 0.1) is 0 Å². The highest BCUT2D eigenvalue weighted by Gasteiger charge is 1.96. The molecule has 0 saturated carbocycles. The maximum Gasteiger partial charge on any atom is 0.328 e. The number of carbonyl (C=O) groups is 1. The molecule has 0 heterocycles. The van der Waals surface area contributed by atoms with E-state index in [-0.39, 0.29) is 0 Å². The molecule has 0 aromatic heterocycles. The number of hydrogen-bond acceptors (Lipinski definition) is 2. The summed E-state index contributed by atoms with van der Waals surface area (Å²) in [5.74, 6) is -0.917. The van der Waals surface area contributed by atoms with Crippen molar-refractivity contribution >= 4 is 17.7 Å². The monoisotopic (exact) mass is 387 g/mol. The molecule has 0 aliphatic carbocycles. The van der Waals surface area contributed by atoms with Gasteiger partial charge in [-0.3, -0.25) is 0 Å². The molecule has 0 bridgehead atoms. The van der Waals surface area contributed by atoms with Crippen molar-refractivity contribution in [3.8, 4) is 0 Å². The Kier molecular flexibility index (Phi) is 15.0. The normalized spacial score (nSPS) is 11.2. The summed E-state index contributed by atoms with van der Waals surface area (Å²) < 4.78 is 0. The van der Waals surface area contributed by atoms with Crippen LogP contribution in [-0.4, -0.2) is 17.6 Å². The second kappa shape index (κ2) is 17.3. The minimum atomic E-state index is -0.917. The van der Waals surface area contributed by atoms with Crippen molar-refractivity contribution in [3.63, 3.8) is 0 Å². The molecule has 3 nitrogen and oxygen atoms in total. The second-order valence-electron chi connectivity index (χ2n) is 7.82. The van der Waals surface area contributed by atoms with E-state index >= 15 is 0 Å². The topological polar surface area (TPSA) is 49.3 Å². The van der Waals surface area contributed by atoms with E-state index in [9.17, 15) is 4.79 Å². The Hall–Kier alpha value is -1.77. The lowest BCUT2D eigenvalue weighted by Gasteiger charge is -2.07. The fraction of sp³-hybridized carbons (Fsp3) is 0.640. The summed E-state index contributed by atoms with van der Waals surface area (Å²) in [6, 6.07) is 7.89. The summed E-state index contributed by atoms with van der Waals surface area (Å²) in [6.07, 6.45) is 22.2. The van der Waals surface area contributed by atoms with Crippen LogP contribution in [0.25, 0.3) is 6.08 Å². The molecule has 0 radical (unpaired) electrons. The summed E-state index contributed by atoms with van der Waals surface area (Å²) in [6.45, 7) is 3.28. The Morgan fingerprint density at radius 3 is 1.71 bits per heavy atom. The van der Waals surface area contributed by atoms with Crippen LogP contribution in [0.3, 0.4) is 0 Å². The smallest absolute Gasteiger partial charge is 0.328 e. The fourth-order valence-electron chi connectivity index (χ4n) is 3.43. The molecule has 0 atom stereocenters. The fourth-order valence-corrected chi connectivity index (χ4v) is 3.43. The SMILES string of the molecule is CCCCCCCCCCCCCCCCNc1ccc(C=CC(=O)O)cc1. The summed E-state index contributed by atoms with van der Waals surface area (Å²) in [5.41, 5.74) is 2.01. The molecule has 0 fully saturated rings. The lowest BCUT2D eigenvalue weighted by Crippen LogP contribution is -2.01. The predicted molar refractivity (Wildman–Crippen MR) is 122 cm³/mol. The summed E-state index contributed by atoms with van der Waals surface area (Å²) in [4.78, 5) is 10.5. The Labute approximate surface area is 172 Å². The van der Waals surface area contributed by atoms with Crippen molar-refractivity contribution in [1.82, 2.24) is 0 Å². The third-order valence-corrected chi connectivity index (χ3v) is 5.19. The van der Waals surface area contributed by atoms with E-state index in [0.29, 0.717) is 0 Å². The van der Waals surface area contributed by atoms with Gasteiger partial charge in [0.05, 0.1) is 0 Å². The number of carboxylic acids is 1. The van der Waals surface area contributed by atoms with E-state index in [2.05, 4.69) is 12.2 Å². The summed E-state index contributed by atoms with van der Waals surface area (Å²) in [5, 5.41) is 12.1. The first-order chi connectivity index (χ1) is 13.7. The van der Waals surface area contributed by atoms with E-state index in [4.69, 9.17) is 5.11 Å². The lowest BCUT2D eigenvalue weighted by molar-refractivity contribution is -0.131. The number of hydrogen-bond donors (Lipinski definition) is 2. The number of nitrogens with one attached hydrogen (secondary N) is 1. The maximum atomic E-state index is 10.5. The van der Waals surface area contributed by atoms with Crippen LogP contribution in [0.2, 0.25) is 0 Å². The lowest BCUT2D eigenvalue weighted by atomic mass is 10.0. The van der Waals surface area contributed by atoms with Gasteiger partial charge in [-0.2, -0.15) is 0 Å². The van der Waals surface area contributed by atoms with Crippen molar-refractivity contribution in [1.29, 1.82) is 0 Å². The Morgan fingerprint density at radius 2 is 1.25 bits per heavy atom. The van der Waals surface area contributed by atoms with Crippen LogP contribution in [-0.2, 0) is 4.79 Å². The van der Waals surface area contributed by atoms with E-state index < -0.39 is 5.97 Å². The number of rotatable bonds is 18. The zero-order chi connectivity index (χ0) is 20.3. The number of anilines is 1. The number of aliphatic carboxylic acids is 1. The molecule has 0 unspecified atom stereocenters. The van der Waals surface area contributed by atoms with E-state index in [1.807, 2.05) is 24.3 Å². The highest BCUT2D eigenvalue weighted by Crippen LogP contribution is 2.14. The Bertz CT molecular complexity index is 522. The van der Waals surface area contributed by atoms with Gasteiger partial charge in [-0.15, -0.1) is 0 Å². The van der Waals surface area contributed by atoms with Gasteiger partial charge < -0.3 is 10.4 Å². The first-order valence-electron chi connectivity index (χ1n) is 11.5. The molecule has 1 aromatic rings. The highest BCUT2D eigenvalue weighted by atomic mass is 16.4. The molecule has 0 saturated heterocycles. The number of benzene rings is 1. The Balaban J connectivity index is 1.88. The third kappa shape index (κ3) is 14.3. The van der Waals surface area contributed by atoms with Crippen LogP contribution < -0.4 is 5.32 Å². The van der Waals surface area contributed by atoms with Crippen molar-refractivity contribution in [2.75, 3.05) is 11.9 Å². The van der Waals surface area contributed by atoms with Crippen molar-refractivity contribution in [2.24, 2.45) is 0 Å². The molecule has 3 heteroatoms. The molecule has 2 N–H and O–H groups in total. The van der Waals surface area contributed by atoms with Crippen LogP contribution in [0.4, 0.5) is 5.69 Å². The average molecular weight is 388 g/mol. The first-order valence-corrected chi connectivity index (χ1v) is 11.5. The standard InChI is InChI=1S/C25H41NO2/c1-2-3-4-5-6-7-8-9-10-11-12-13-14-15-22-26-24-19-16-23(17-20-24)18-21-25(27)28/h16-21,26H,2-15,22H2,1H3,(H,27,28). The summed E-state index contributed by atoms with van der Waals surface area (Å²) >= 11 is 0. The minimum absolute atomic E-state index is 0.907. The average Bonchev–Trinajstić information content (AvgIpc) is 2.70. The van der Waals surface area contributed by atoms with Crippen LogP contribution in [0.15, 0.2) is 30.3 Å². The van der Waals surface area contributed by atoms with E-state index in [1.54, 1.807) is 6.08 Å². The van der Waals surface area contributed by atoms with Crippen molar-refractivity contribution in [3.05, 3.63) is 35.9 Å². The molecule has 1 rings (SSSR count). The van der Waals surface area contributed by atoms with Gasteiger partial charge >= 0.3 is 5.97 Å². The zero-order valence-electron chi connectivity index (χ0n) is 17.9. The molecule has 28 heavy (non-hydrogen) atoms. The van der Waals surface area contributed by atoms with Crippen LogP contribution in [0.1, 0.15) is 102 Å². The first kappa shape index (κ1) is 24.3. The van der Waals surface area contributed by atoms with Gasteiger partial charge in [0.1, 0.15) is 0 Å². The molecular weight excluding hydrogens is 346 g/mol. The zero-order valence-corrected chi connectivity index (χ0v) is 17.9. The minimum Gasteiger partial charge on any atom is -0.478 e. The van der Waals surface area contributed by atoms with Gasteiger partial charge in [0.2, 0.25) is 0 Å². The molecule has 0 amide bonds. The molecule has 0 aliphatic rings. The molecule has 1 aromatic carbocycles. The molecule has 158 valence electrons. The van der Waals surface area contributed by atoms with Gasteiger partial charge in [-0.1, -0.05) is 103 Å². The predicted octanol–water partition coefficient (Wildman–Crippen LogP) is 7.68. The second-order valence-corrected chi connectivity index (χ2v) is 7.82. The quantitative estimate of drug-likeness (QED) is 0.201. The van der Waals surface area contributed by atoms with Gasteiger partial charge in [0.25, 0.3) is 0 Å². The van der Waals surface area contributed by atoms with Gasteiger partial charge in [-0.05, 0) is 30.2 Å². The number of unbranched alkanes of at least 4 members (excludes halogenated alkanes) is 13. The third-order valence-electron chi connectivity index (χ3n) is 5.19. The highest BCUT2D eigenvalue weighted by molar-refractivity contribution is 5.85. The molecular formula is C25H41NO2. The van der Waals surface area contributed by atoms with Crippen LogP contribution >= 0.6 is 0 Å². The maximum absolute atomic E-state index is 10.5. The van der Waals surface area contributed by atoms with Gasteiger partial charge in [0.15, 0.2) is 0 Å². The van der Waals surface area contributed by atoms with Crippen molar-refractivity contribution < 1.29 is 9.90 Å². The van der Waals surface area contributed by atoms with E-state index in [0.717, 1.165) is 23.9 Å². The number of carboxylic acid groups (broad SMARTS) is 1. The van der Waals surface area contributed by atoms with Crippen LogP contribution in [0.5, 0.6) is 0 Å². The van der Waals surface area contributed by atoms with E-state index in [1.165, 1.54) is 89.9 Å². The Morgan fingerprint density at radius 1 is 0.786 bits per heavy atom. The van der Waals surface area contributed by atoms with Gasteiger partial charge in [-0.25, -0.2) is 4.79 Å². The van der Waals surface area contributed by atoms with Gasteiger partial charge in [0, 0.05) is 18.3 Å². The molecule has 0 spiro atoms. The largest absolute Gasteiger partial charge is 0.478 e. The van der Waals surface area contributed by atoms with Crippen molar-refractivity contribution in [2.45, 2.75) is 96.8 Å². The summed E-state index contributed by atoms with van der Waals surface area (Å²) in [7, 11) is 0.